The van der Waals surface area contributed by atoms with Gasteiger partial charge < -0.3 is 9.64 Å². The fourth-order valence-corrected chi connectivity index (χ4v) is 3.15. The van der Waals surface area contributed by atoms with Crippen LogP contribution in [0.2, 0.25) is 0 Å². The molecule has 0 saturated carbocycles. The van der Waals surface area contributed by atoms with Crippen molar-refractivity contribution in [2.75, 3.05) is 36.0 Å². The van der Waals surface area contributed by atoms with E-state index in [1.54, 1.807) is 18.2 Å². The Morgan fingerprint density at radius 2 is 2.23 bits per heavy atom. The predicted octanol–water partition coefficient (Wildman–Crippen LogP) is 3.51. The second-order valence-corrected chi connectivity index (χ2v) is 6.08. The quantitative estimate of drug-likeness (QED) is 0.356. The molecule has 0 aromatic heterocycles. The van der Waals surface area contributed by atoms with Crippen molar-refractivity contribution in [2.45, 2.75) is 18.9 Å². The van der Waals surface area contributed by atoms with Gasteiger partial charge in [-0.15, -0.1) is 0 Å². The lowest BCUT2D eigenvalue weighted by Gasteiger charge is -2.30. The molecule has 9 heteroatoms. The molecule has 1 atom stereocenters. The number of anilines is 2. The number of nitrogens with zero attached hydrogens (tertiary/aromatic N) is 6. The van der Waals surface area contributed by atoms with Gasteiger partial charge in [0.25, 0.3) is 0 Å². The number of azide groups is 1. The average Bonchev–Trinajstić information content (AvgIpc) is 3.02. The molecule has 2 heterocycles. The molecule has 3 rings (SSSR count). The van der Waals surface area contributed by atoms with Gasteiger partial charge in [-0.1, -0.05) is 10.7 Å². The maximum absolute atomic E-state index is 14.6. The van der Waals surface area contributed by atoms with Gasteiger partial charge >= 0.3 is 6.09 Å². The van der Waals surface area contributed by atoms with Crippen molar-refractivity contribution in [3.05, 3.63) is 46.1 Å². The Bertz CT molecular complexity index is 817. The largest absolute Gasteiger partial charge is 0.444 e. The third-order valence-electron chi connectivity index (χ3n) is 4.48. The van der Waals surface area contributed by atoms with Gasteiger partial charge in [0, 0.05) is 24.1 Å². The molecule has 2 aliphatic heterocycles. The highest BCUT2D eigenvalue weighted by molar-refractivity contribution is 5.90. The second kappa shape index (κ2) is 7.76. The Balaban J connectivity index is 1.70. The molecule has 2 saturated heterocycles. The number of cyclic esters (lactones) is 1. The summed E-state index contributed by atoms with van der Waals surface area (Å²) in [5.74, 6) is -0.415. The van der Waals surface area contributed by atoms with Gasteiger partial charge in [0.05, 0.1) is 30.5 Å². The number of carbonyl (C=O) groups excluding carboxylic acids is 1. The smallest absolute Gasteiger partial charge is 0.414 e. The zero-order valence-corrected chi connectivity index (χ0v) is 14.0. The van der Waals surface area contributed by atoms with Crippen molar-refractivity contribution in [1.82, 2.24) is 0 Å². The van der Waals surface area contributed by atoms with E-state index in [-0.39, 0.29) is 13.1 Å². The van der Waals surface area contributed by atoms with Crippen molar-refractivity contribution >= 4 is 17.5 Å². The van der Waals surface area contributed by atoms with Crippen LogP contribution in [0.1, 0.15) is 12.8 Å². The molecule has 0 N–H and O–H groups in total. The standard InChI is InChI=1S/C17H17FN6O2/c18-15-9-13(24-11-14(10-21-22-20)26-17(24)25)1-2-16(15)23-7-4-12(3-6-19)5-8-23/h1-3,9,14H,4-5,7-8,10-11H2/t14-/m1/s1. The van der Waals surface area contributed by atoms with E-state index in [0.29, 0.717) is 24.5 Å². The molecule has 0 spiro atoms. The van der Waals surface area contributed by atoms with E-state index in [0.717, 1.165) is 18.4 Å². The maximum Gasteiger partial charge on any atom is 0.414 e. The summed E-state index contributed by atoms with van der Waals surface area (Å²) in [6.45, 7) is 1.54. The van der Waals surface area contributed by atoms with Crippen molar-refractivity contribution in [2.24, 2.45) is 5.11 Å². The second-order valence-electron chi connectivity index (χ2n) is 6.08. The summed E-state index contributed by atoms with van der Waals surface area (Å²) in [6.07, 6.45) is 1.90. The van der Waals surface area contributed by atoms with Crippen LogP contribution in [0.4, 0.5) is 20.6 Å². The van der Waals surface area contributed by atoms with E-state index < -0.39 is 18.0 Å². The molecular weight excluding hydrogens is 339 g/mol. The van der Waals surface area contributed by atoms with Crippen molar-refractivity contribution in [1.29, 1.82) is 5.26 Å². The monoisotopic (exact) mass is 356 g/mol. The van der Waals surface area contributed by atoms with E-state index in [9.17, 15) is 9.18 Å². The minimum atomic E-state index is -0.584. The molecule has 8 nitrogen and oxygen atoms in total. The number of piperidine rings is 1. The van der Waals surface area contributed by atoms with Gasteiger partial charge in [-0.25, -0.2) is 9.18 Å². The molecule has 1 aromatic carbocycles. The molecule has 2 aliphatic rings. The van der Waals surface area contributed by atoms with Crippen LogP contribution >= 0.6 is 0 Å². The zero-order chi connectivity index (χ0) is 18.5. The fraction of sp³-hybridized carbons (Fsp3) is 0.412. The highest BCUT2D eigenvalue weighted by Crippen LogP contribution is 2.30. The summed E-state index contributed by atoms with van der Waals surface area (Å²) < 4.78 is 19.7. The van der Waals surface area contributed by atoms with Gasteiger partial charge in [-0.3, -0.25) is 4.90 Å². The predicted molar refractivity (Wildman–Crippen MR) is 93.2 cm³/mol. The molecule has 0 radical (unpaired) electrons. The number of allylic oxidation sites excluding steroid dienone is 1. The molecule has 134 valence electrons. The van der Waals surface area contributed by atoms with Crippen LogP contribution in [-0.2, 0) is 4.74 Å². The normalized spacial score (nSPS) is 19.6. The number of hydrogen-bond donors (Lipinski definition) is 0. The number of amides is 1. The summed E-state index contributed by atoms with van der Waals surface area (Å²) in [6, 6.07) is 6.67. The van der Waals surface area contributed by atoms with E-state index in [4.69, 9.17) is 15.5 Å². The maximum atomic E-state index is 14.6. The number of carbonyl (C=O) groups is 1. The lowest BCUT2D eigenvalue weighted by atomic mass is 10.0. The van der Waals surface area contributed by atoms with Crippen LogP contribution in [0.25, 0.3) is 10.4 Å². The molecule has 2 fully saturated rings. The summed E-state index contributed by atoms with van der Waals surface area (Å²) >= 11 is 0. The average molecular weight is 356 g/mol. The number of halogens is 1. The lowest BCUT2D eigenvalue weighted by Crippen LogP contribution is -2.31. The first-order valence-corrected chi connectivity index (χ1v) is 8.23. The molecular formula is C17H17FN6O2. The first-order valence-electron chi connectivity index (χ1n) is 8.23. The Hall–Kier alpha value is -3.24. The minimum absolute atomic E-state index is 0.0473. The summed E-state index contributed by atoms with van der Waals surface area (Å²) in [5.41, 5.74) is 10.3. The summed E-state index contributed by atoms with van der Waals surface area (Å²) in [5, 5.41) is 12.1. The Morgan fingerprint density at radius 1 is 1.46 bits per heavy atom. The summed E-state index contributed by atoms with van der Waals surface area (Å²) in [7, 11) is 0. The van der Waals surface area contributed by atoms with Gasteiger partial charge in [0.2, 0.25) is 0 Å². The Kier molecular flexibility index (Phi) is 5.25. The number of hydrogen-bond acceptors (Lipinski definition) is 5. The van der Waals surface area contributed by atoms with E-state index >= 15 is 0 Å². The Morgan fingerprint density at radius 3 is 2.88 bits per heavy atom. The highest BCUT2D eigenvalue weighted by Gasteiger charge is 2.32. The molecule has 0 aliphatic carbocycles. The van der Waals surface area contributed by atoms with Gasteiger partial charge in [0.1, 0.15) is 11.9 Å². The molecule has 26 heavy (non-hydrogen) atoms. The highest BCUT2D eigenvalue weighted by atomic mass is 19.1. The molecule has 1 aromatic rings. The van der Waals surface area contributed by atoms with Gasteiger partial charge in [-0.2, -0.15) is 5.26 Å². The number of rotatable bonds is 4. The van der Waals surface area contributed by atoms with Crippen LogP contribution in [0.5, 0.6) is 0 Å². The SMILES string of the molecule is N#CC=C1CCN(c2ccc(N3C[C@@H](CN=[N+]=[N-])OC3=O)cc2F)CC1. The van der Waals surface area contributed by atoms with Crippen molar-refractivity contribution < 1.29 is 13.9 Å². The lowest BCUT2D eigenvalue weighted by molar-refractivity contribution is 0.145. The van der Waals surface area contributed by atoms with Crippen LogP contribution in [0.15, 0.2) is 35.0 Å². The van der Waals surface area contributed by atoms with E-state index in [1.165, 1.54) is 11.0 Å². The molecule has 0 bridgehead atoms. The van der Waals surface area contributed by atoms with Crippen LogP contribution in [-0.4, -0.2) is 38.4 Å². The number of benzene rings is 1. The van der Waals surface area contributed by atoms with E-state index in [2.05, 4.69) is 10.0 Å². The van der Waals surface area contributed by atoms with Crippen LogP contribution in [0.3, 0.4) is 0 Å². The van der Waals surface area contributed by atoms with E-state index in [1.807, 2.05) is 11.0 Å². The zero-order valence-electron chi connectivity index (χ0n) is 14.0. The summed E-state index contributed by atoms with van der Waals surface area (Å²) in [4.78, 5) is 17.9. The number of nitriles is 1. The van der Waals surface area contributed by atoms with Gasteiger partial charge in [0.15, 0.2) is 0 Å². The molecule has 0 unspecified atom stereocenters. The first kappa shape index (κ1) is 17.6. The van der Waals surface area contributed by atoms with Crippen LogP contribution < -0.4 is 9.80 Å². The molecule has 1 amide bonds. The first-order chi connectivity index (χ1) is 12.6. The van der Waals surface area contributed by atoms with Crippen LogP contribution in [0, 0.1) is 17.1 Å². The van der Waals surface area contributed by atoms with Gasteiger partial charge in [-0.05, 0) is 36.6 Å². The van der Waals surface area contributed by atoms with Crippen molar-refractivity contribution in [3.63, 3.8) is 0 Å². The number of ether oxygens (including phenoxy) is 1. The minimum Gasteiger partial charge on any atom is -0.444 e. The third-order valence-corrected chi connectivity index (χ3v) is 4.48. The third kappa shape index (κ3) is 3.71. The fourth-order valence-electron chi connectivity index (χ4n) is 3.15. The van der Waals surface area contributed by atoms with Crippen molar-refractivity contribution in [3.8, 4) is 6.07 Å². The Labute approximate surface area is 149 Å². The topological polar surface area (TPSA) is 105 Å².